The van der Waals surface area contributed by atoms with Gasteiger partial charge in [-0.1, -0.05) is 38.8 Å². The van der Waals surface area contributed by atoms with Gasteiger partial charge in [-0.2, -0.15) is 13.2 Å². The highest BCUT2D eigenvalue weighted by molar-refractivity contribution is 5.54. The number of ether oxygens (including phenoxy) is 2. The van der Waals surface area contributed by atoms with Crippen LogP contribution in [0.15, 0.2) is 24.3 Å². The molecule has 2 fully saturated rings. The van der Waals surface area contributed by atoms with Gasteiger partial charge in [0, 0.05) is 36.0 Å². The van der Waals surface area contributed by atoms with Crippen LogP contribution in [0.1, 0.15) is 116 Å². The fraction of sp³-hybridized carbons (Fsp3) is 0.621. The van der Waals surface area contributed by atoms with Crippen molar-refractivity contribution in [2.75, 3.05) is 13.2 Å². The van der Waals surface area contributed by atoms with E-state index in [0.29, 0.717) is 25.2 Å². The van der Waals surface area contributed by atoms with E-state index in [1.165, 1.54) is 0 Å². The zero-order chi connectivity index (χ0) is 25.3. The van der Waals surface area contributed by atoms with Crippen molar-refractivity contribution in [1.29, 1.82) is 0 Å². The number of hydrogen-bond acceptors (Lipinski definition) is 4. The number of nitrogens with zero attached hydrogens (tertiary/aromatic N) is 1. The van der Waals surface area contributed by atoms with Crippen molar-refractivity contribution in [1.82, 2.24) is 4.98 Å². The van der Waals surface area contributed by atoms with Crippen LogP contribution in [0.4, 0.5) is 13.2 Å². The number of hydrogen-bond donors (Lipinski definition) is 1. The highest BCUT2D eigenvalue weighted by atomic mass is 19.4. The predicted octanol–water partition coefficient (Wildman–Crippen LogP) is 6.89. The zero-order valence-electron chi connectivity index (χ0n) is 21.0. The molecule has 2 aromatic rings. The third-order valence-electron chi connectivity index (χ3n) is 8.73. The van der Waals surface area contributed by atoms with E-state index in [1.54, 1.807) is 12.1 Å². The topological polar surface area (TPSA) is 51.6 Å². The summed E-state index contributed by atoms with van der Waals surface area (Å²) in [4.78, 5) is 5.27. The average Bonchev–Trinajstić information content (AvgIpc) is 3.43. The van der Waals surface area contributed by atoms with Gasteiger partial charge in [-0.25, -0.2) is 0 Å². The third-order valence-corrected chi connectivity index (χ3v) is 8.73. The molecule has 2 aliphatic carbocycles. The Balaban J connectivity index is 1.57. The second-order valence-corrected chi connectivity index (χ2v) is 11.9. The Morgan fingerprint density at radius 2 is 1.67 bits per heavy atom. The van der Waals surface area contributed by atoms with Crippen LogP contribution in [-0.4, -0.2) is 23.3 Å². The first-order valence-corrected chi connectivity index (χ1v) is 13.3. The van der Waals surface area contributed by atoms with Crippen LogP contribution in [0.5, 0.6) is 0 Å². The summed E-state index contributed by atoms with van der Waals surface area (Å²) in [7, 11) is 0. The van der Waals surface area contributed by atoms with Gasteiger partial charge in [-0.15, -0.1) is 0 Å². The van der Waals surface area contributed by atoms with Gasteiger partial charge >= 0.3 is 6.18 Å². The van der Waals surface area contributed by atoms with Crippen molar-refractivity contribution in [2.45, 2.75) is 95.1 Å². The number of aromatic nitrogens is 1. The Bertz CT molecular complexity index is 1150. The van der Waals surface area contributed by atoms with Gasteiger partial charge in [-0.3, -0.25) is 4.98 Å². The second-order valence-electron chi connectivity index (χ2n) is 11.9. The van der Waals surface area contributed by atoms with Crippen LogP contribution in [0.2, 0.25) is 0 Å². The normalized spacial score (nSPS) is 27.3. The van der Waals surface area contributed by atoms with E-state index in [1.807, 2.05) is 0 Å². The summed E-state index contributed by atoms with van der Waals surface area (Å²) >= 11 is 0. The second kappa shape index (κ2) is 8.53. The number of benzene rings is 1. The number of pyridine rings is 1. The van der Waals surface area contributed by atoms with Gasteiger partial charge in [0.2, 0.25) is 0 Å². The van der Waals surface area contributed by atoms with E-state index < -0.39 is 29.5 Å². The SMILES string of the molecule is CC1(C)Cc2nc(C3CCOCC3)c3c(c2[C@@H](O)C1)C1(CCCC1)O[C@H]3c1ccc(C(F)(F)F)cc1. The van der Waals surface area contributed by atoms with Crippen LogP contribution in [-0.2, 0) is 27.7 Å². The van der Waals surface area contributed by atoms with Crippen molar-refractivity contribution in [2.24, 2.45) is 5.41 Å². The molecule has 6 rings (SSSR count). The van der Waals surface area contributed by atoms with Gasteiger partial charge < -0.3 is 14.6 Å². The van der Waals surface area contributed by atoms with E-state index in [9.17, 15) is 18.3 Å². The van der Waals surface area contributed by atoms with Crippen molar-refractivity contribution in [3.8, 4) is 0 Å². The number of aliphatic hydroxyl groups is 1. The fourth-order valence-electron chi connectivity index (χ4n) is 7.11. The molecule has 3 heterocycles. The van der Waals surface area contributed by atoms with E-state index in [-0.39, 0.29) is 11.3 Å². The predicted molar refractivity (Wildman–Crippen MR) is 129 cm³/mol. The summed E-state index contributed by atoms with van der Waals surface area (Å²) in [6, 6.07) is 5.40. The lowest BCUT2D eigenvalue weighted by molar-refractivity contribution is -0.137. The summed E-state index contributed by atoms with van der Waals surface area (Å²) in [6.45, 7) is 5.69. The molecule has 7 heteroatoms. The molecule has 1 aromatic carbocycles. The molecule has 1 spiro atoms. The monoisotopic (exact) mass is 501 g/mol. The highest BCUT2D eigenvalue weighted by Crippen LogP contribution is 2.60. The molecule has 0 unspecified atom stereocenters. The van der Waals surface area contributed by atoms with Crippen molar-refractivity contribution < 1.29 is 27.8 Å². The molecule has 0 bridgehead atoms. The molecule has 0 amide bonds. The summed E-state index contributed by atoms with van der Waals surface area (Å²) < 4.78 is 52.5. The van der Waals surface area contributed by atoms with E-state index in [2.05, 4.69) is 13.8 Å². The minimum absolute atomic E-state index is 0.0598. The minimum atomic E-state index is -4.38. The number of rotatable bonds is 2. The molecule has 2 atom stereocenters. The molecule has 4 nitrogen and oxygen atoms in total. The molecular weight excluding hydrogens is 467 g/mol. The van der Waals surface area contributed by atoms with Crippen LogP contribution < -0.4 is 0 Å². The summed E-state index contributed by atoms with van der Waals surface area (Å²) in [6.07, 6.45) is 1.45. The quantitative estimate of drug-likeness (QED) is 0.487. The molecule has 1 aromatic heterocycles. The van der Waals surface area contributed by atoms with Gasteiger partial charge in [0.25, 0.3) is 0 Å². The molecule has 194 valence electrons. The van der Waals surface area contributed by atoms with E-state index in [0.717, 1.165) is 85.2 Å². The largest absolute Gasteiger partial charge is 0.416 e. The number of aliphatic hydroxyl groups excluding tert-OH is 1. The number of halogens is 3. The van der Waals surface area contributed by atoms with Crippen LogP contribution in [0.25, 0.3) is 0 Å². The Labute approximate surface area is 210 Å². The maximum Gasteiger partial charge on any atom is 0.416 e. The molecule has 4 aliphatic rings. The van der Waals surface area contributed by atoms with Gasteiger partial charge in [0.05, 0.1) is 23.0 Å². The van der Waals surface area contributed by atoms with E-state index >= 15 is 0 Å². The lowest BCUT2D eigenvalue weighted by Crippen LogP contribution is -2.32. The van der Waals surface area contributed by atoms with Crippen LogP contribution in [0, 0.1) is 5.41 Å². The smallest absolute Gasteiger partial charge is 0.388 e. The molecule has 2 aliphatic heterocycles. The summed E-state index contributed by atoms with van der Waals surface area (Å²) in [5.41, 5.74) is 4.48. The Hall–Kier alpha value is -1.96. The Morgan fingerprint density at radius 1 is 1.00 bits per heavy atom. The first-order chi connectivity index (χ1) is 17.1. The molecule has 1 saturated heterocycles. The van der Waals surface area contributed by atoms with Gasteiger partial charge in [0.1, 0.15) is 6.10 Å². The fourth-order valence-corrected chi connectivity index (χ4v) is 7.11. The molecule has 1 saturated carbocycles. The first-order valence-electron chi connectivity index (χ1n) is 13.3. The summed E-state index contributed by atoms with van der Waals surface area (Å²) in [5.74, 6) is 0.206. The van der Waals surface area contributed by atoms with Crippen molar-refractivity contribution >= 4 is 0 Å². The first kappa shape index (κ1) is 24.4. The van der Waals surface area contributed by atoms with Crippen LogP contribution >= 0.6 is 0 Å². The maximum absolute atomic E-state index is 13.3. The molecule has 36 heavy (non-hydrogen) atoms. The standard InChI is InChI=1S/C29H34F3NO3/c1-27(2)15-20-22(21(34)16-27)24-23(25(33-20)17-9-13-35-14-10-17)26(36-28(24)11-3-4-12-28)18-5-7-19(8-6-18)29(30,31)32/h5-8,17,21,26,34H,3-4,9-16H2,1-2H3/t21-,26-/m0/s1. The van der Waals surface area contributed by atoms with Crippen molar-refractivity contribution in [3.05, 3.63) is 63.5 Å². The summed E-state index contributed by atoms with van der Waals surface area (Å²) in [5, 5.41) is 11.4. The Morgan fingerprint density at radius 3 is 2.31 bits per heavy atom. The Kier molecular flexibility index (Phi) is 5.78. The molecule has 0 radical (unpaired) electrons. The number of fused-ring (bicyclic) bond motifs is 4. The molecular formula is C29H34F3NO3. The third kappa shape index (κ3) is 3.98. The minimum Gasteiger partial charge on any atom is -0.388 e. The average molecular weight is 502 g/mol. The van der Waals surface area contributed by atoms with Gasteiger partial charge in [-0.05, 0) is 67.2 Å². The number of alkyl halides is 3. The van der Waals surface area contributed by atoms with E-state index in [4.69, 9.17) is 14.5 Å². The van der Waals surface area contributed by atoms with Gasteiger partial charge in [0.15, 0.2) is 0 Å². The molecule has 1 N–H and O–H groups in total. The maximum atomic E-state index is 13.3. The van der Waals surface area contributed by atoms with Crippen LogP contribution in [0.3, 0.4) is 0 Å². The highest BCUT2D eigenvalue weighted by Gasteiger charge is 2.53. The zero-order valence-corrected chi connectivity index (χ0v) is 21.0. The lowest BCUT2D eigenvalue weighted by Gasteiger charge is -2.38. The lowest BCUT2D eigenvalue weighted by atomic mass is 9.70. The van der Waals surface area contributed by atoms with Crippen molar-refractivity contribution in [3.63, 3.8) is 0 Å².